The van der Waals surface area contributed by atoms with E-state index in [1.807, 2.05) is 0 Å². The van der Waals surface area contributed by atoms with Gasteiger partial charge in [0.05, 0.1) is 6.10 Å². The summed E-state index contributed by atoms with van der Waals surface area (Å²) in [7, 11) is 0. The zero-order valence-electron chi connectivity index (χ0n) is 8.42. The largest absolute Gasteiger partial charge is 0.481 e. The molecule has 1 aliphatic carbocycles. The highest BCUT2D eigenvalue weighted by molar-refractivity contribution is 9.11. The zero-order valence-corrected chi connectivity index (χ0v) is 10.0. The van der Waals surface area contributed by atoms with Crippen molar-refractivity contribution in [2.75, 3.05) is 0 Å². The average molecular weight is 291 g/mol. The van der Waals surface area contributed by atoms with Crippen LogP contribution in [0.15, 0.2) is 22.2 Å². The molecule has 0 amide bonds. The first-order valence-corrected chi connectivity index (χ1v) is 5.31. The Morgan fingerprint density at radius 2 is 2.25 bits per heavy atom. The normalized spacial score (nSPS) is 31.4. The van der Waals surface area contributed by atoms with E-state index in [0.29, 0.717) is 6.29 Å². The summed E-state index contributed by atoms with van der Waals surface area (Å²) < 4.78 is 0.0759. The smallest absolute Gasteiger partial charge is 0.313 e. The molecule has 0 radical (unpaired) electrons. The van der Waals surface area contributed by atoms with Crippen LogP contribution in [0.2, 0.25) is 0 Å². The van der Waals surface area contributed by atoms with Crippen LogP contribution in [0.5, 0.6) is 0 Å². The molecule has 3 atom stereocenters. The van der Waals surface area contributed by atoms with E-state index >= 15 is 0 Å². The number of carboxylic acids is 1. The lowest BCUT2D eigenvalue weighted by molar-refractivity contribution is -0.152. The van der Waals surface area contributed by atoms with Gasteiger partial charge >= 0.3 is 5.97 Å². The molecular formula is C10H11BrO5. The molecule has 0 aromatic rings. The number of allylic oxidation sites excluding steroid dienone is 2. The van der Waals surface area contributed by atoms with Crippen molar-refractivity contribution in [3.63, 3.8) is 0 Å². The average Bonchev–Trinajstić information content (AvgIpc) is 2.20. The molecule has 0 aliphatic heterocycles. The lowest BCUT2D eigenvalue weighted by atomic mass is 9.78. The summed E-state index contributed by atoms with van der Waals surface area (Å²) in [5, 5.41) is 28.6. The summed E-state index contributed by atoms with van der Waals surface area (Å²) in [6.45, 7) is 1.28. The van der Waals surface area contributed by atoms with Crippen molar-refractivity contribution in [3.8, 4) is 0 Å². The van der Waals surface area contributed by atoms with E-state index in [4.69, 9.17) is 5.11 Å². The van der Waals surface area contributed by atoms with Crippen molar-refractivity contribution in [3.05, 3.63) is 22.2 Å². The van der Waals surface area contributed by atoms with Gasteiger partial charge in [0.15, 0.2) is 0 Å². The number of carbonyl (C=O) groups excluding carboxylic acids is 1. The van der Waals surface area contributed by atoms with E-state index in [0.717, 1.165) is 6.08 Å². The lowest BCUT2D eigenvalue weighted by Gasteiger charge is -2.37. The van der Waals surface area contributed by atoms with Gasteiger partial charge in [0.1, 0.15) is 17.8 Å². The van der Waals surface area contributed by atoms with Crippen molar-refractivity contribution in [2.24, 2.45) is 5.92 Å². The van der Waals surface area contributed by atoms with Gasteiger partial charge in [-0.1, -0.05) is 22.0 Å². The lowest BCUT2D eigenvalue weighted by Crippen LogP contribution is -2.51. The van der Waals surface area contributed by atoms with Crippen molar-refractivity contribution in [1.29, 1.82) is 0 Å². The van der Waals surface area contributed by atoms with Gasteiger partial charge in [0.2, 0.25) is 0 Å². The number of carboxylic acid groups (broad SMARTS) is 1. The first-order valence-electron chi connectivity index (χ1n) is 4.52. The molecule has 3 unspecified atom stereocenters. The molecule has 1 rings (SSSR count). The van der Waals surface area contributed by atoms with E-state index < -0.39 is 23.6 Å². The fraction of sp³-hybridized carbons (Fsp3) is 0.400. The summed E-state index contributed by atoms with van der Waals surface area (Å²) in [4.78, 5) is 21.6. The molecule has 16 heavy (non-hydrogen) atoms. The molecule has 0 aromatic carbocycles. The second-order valence-electron chi connectivity index (χ2n) is 3.59. The molecule has 0 saturated heterocycles. The molecule has 1 aliphatic rings. The minimum atomic E-state index is -1.95. The fourth-order valence-corrected chi connectivity index (χ4v) is 2.41. The highest BCUT2D eigenvalue weighted by atomic mass is 79.9. The van der Waals surface area contributed by atoms with Crippen LogP contribution < -0.4 is 0 Å². The highest BCUT2D eigenvalue weighted by Crippen LogP contribution is 2.39. The summed E-state index contributed by atoms with van der Waals surface area (Å²) in [5.74, 6) is -2.68. The van der Waals surface area contributed by atoms with Crippen molar-refractivity contribution < 1.29 is 24.9 Å². The number of hydrogen-bond donors (Lipinski definition) is 3. The summed E-state index contributed by atoms with van der Waals surface area (Å²) in [6, 6.07) is 0. The Labute approximate surface area is 100 Å². The van der Waals surface area contributed by atoms with Crippen LogP contribution in [0.3, 0.4) is 0 Å². The standard InChI is InChI=1S/C10H11BrO5/c1-5(13)10(16)7(9(14)15)2-6(4-12)3-8(10)11/h2-5,7,13,16H,1H3,(H,14,15). The number of aliphatic hydroxyl groups excluding tert-OH is 1. The van der Waals surface area contributed by atoms with Crippen LogP contribution in [-0.4, -0.2) is 39.3 Å². The van der Waals surface area contributed by atoms with Crippen LogP contribution in [0.4, 0.5) is 0 Å². The Hall–Kier alpha value is -0.980. The van der Waals surface area contributed by atoms with Crippen LogP contribution >= 0.6 is 15.9 Å². The van der Waals surface area contributed by atoms with Crippen molar-refractivity contribution in [1.82, 2.24) is 0 Å². The Morgan fingerprint density at radius 3 is 2.62 bits per heavy atom. The monoisotopic (exact) mass is 290 g/mol. The van der Waals surface area contributed by atoms with Gasteiger partial charge in [-0.25, -0.2) is 0 Å². The topological polar surface area (TPSA) is 94.8 Å². The predicted molar refractivity (Wildman–Crippen MR) is 58.9 cm³/mol. The number of rotatable bonds is 3. The number of aliphatic hydroxyl groups is 2. The SMILES string of the molecule is CC(O)C1(O)C(Br)=CC(C=O)=CC1C(=O)O. The molecule has 3 N–H and O–H groups in total. The second-order valence-corrected chi connectivity index (χ2v) is 4.45. The fourth-order valence-electron chi connectivity index (χ4n) is 1.57. The van der Waals surface area contributed by atoms with E-state index in [1.54, 1.807) is 0 Å². The van der Waals surface area contributed by atoms with Crippen LogP contribution in [0.25, 0.3) is 0 Å². The maximum absolute atomic E-state index is 11.0. The molecule has 0 heterocycles. The number of aliphatic carboxylic acids is 1. The molecule has 0 spiro atoms. The molecule has 0 bridgehead atoms. The zero-order chi connectivity index (χ0) is 12.5. The highest BCUT2D eigenvalue weighted by Gasteiger charge is 2.48. The predicted octanol–water partition coefficient (Wildman–Crippen LogP) is 0.217. The first-order chi connectivity index (χ1) is 7.33. The summed E-state index contributed by atoms with van der Waals surface area (Å²) in [6.07, 6.45) is 1.61. The van der Waals surface area contributed by atoms with Gasteiger partial charge in [0.25, 0.3) is 0 Å². The van der Waals surface area contributed by atoms with Gasteiger partial charge in [-0.05, 0) is 13.0 Å². The van der Waals surface area contributed by atoms with Crippen LogP contribution in [-0.2, 0) is 9.59 Å². The van der Waals surface area contributed by atoms with Crippen LogP contribution in [0.1, 0.15) is 6.92 Å². The minimum Gasteiger partial charge on any atom is -0.481 e. The molecule has 0 saturated carbocycles. The maximum atomic E-state index is 11.0. The number of aldehydes is 1. The van der Waals surface area contributed by atoms with Crippen LogP contribution in [0, 0.1) is 5.92 Å². The Bertz CT molecular complexity index is 385. The van der Waals surface area contributed by atoms with E-state index in [9.17, 15) is 19.8 Å². The molecule has 6 heteroatoms. The van der Waals surface area contributed by atoms with E-state index in [-0.39, 0.29) is 10.1 Å². The Balaban J connectivity index is 3.30. The van der Waals surface area contributed by atoms with Gasteiger partial charge in [-0.15, -0.1) is 0 Å². The van der Waals surface area contributed by atoms with E-state index in [2.05, 4.69) is 15.9 Å². The Kier molecular flexibility index (Phi) is 3.67. The third-order valence-corrected chi connectivity index (χ3v) is 3.41. The number of hydrogen-bond acceptors (Lipinski definition) is 4. The second kappa shape index (κ2) is 4.48. The van der Waals surface area contributed by atoms with Crippen molar-refractivity contribution in [2.45, 2.75) is 18.6 Å². The van der Waals surface area contributed by atoms with Crippen molar-refractivity contribution >= 4 is 28.2 Å². The quantitative estimate of drug-likeness (QED) is 0.646. The molecule has 5 nitrogen and oxygen atoms in total. The number of carbonyl (C=O) groups is 2. The maximum Gasteiger partial charge on any atom is 0.313 e. The minimum absolute atomic E-state index is 0.0759. The molecule has 0 aromatic heterocycles. The van der Waals surface area contributed by atoms with E-state index in [1.165, 1.54) is 13.0 Å². The van der Waals surface area contributed by atoms with Gasteiger partial charge < -0.3 is 15.3 Å². The van der Waals surface area contributed by atoms with Gasteiger partial charge in [-0.3, -0.25) is 9.59 Å². The summed E-state index contributed by atoms with van der Waals surface area (Å²) in [5.41, 5.74) is -1.80. The molecule has 88 valence electrons. The molecule has 0 fully saturated rings. The third-order valence-electron chi connectivity index (χ3n) is 2.55. The summed E-state index contributed by atoms with van der Waals surface area (Å²) >= 11 is 2.99. The third kappa shape index (κ3) is 1.95. The number of halogens is 1. The molecular weight excluding hydrogens is 280 g/mol. The van der Waals surface area contributed by atoms with Gasteiger partial charge in [0, 0.05) is 10.1 Å². The first kappa shape index (κ1) is 13.1. The Morgan fingerprint density at radius 1 is 1.69 bits per heavy atom. The van der Waals surface area contributed by atoms with Gasteiger partial charge in [-0.2, -0.15) is 0 Å².